The van der Waals surface area contributed by atoms with Crippen molar-refractivity contribution >= 4 is 17.5 Å². The second kappa shape index (κ2) is 12.4. The van der Waals surface area contributed by atoms with E-state index in [9.17, 15) is 14.7 Å². The molecule has 2 aromatic rings. The number of nitrogens with zero attached hydrogens (tertiary/aromatic N) is 4. The molecule has 2 aliphatic rings. The van der Waals surface area contributed by atoms with E-state index in [4.69, 9.17) is 4.74 Å². The van der Waals surface area contributed by atoms with Gasteiger partial charge in [0.25, 0.3) is 5.56 Å². The Hall–Kier alpha value is -3.62. The molecule has 4 N–H and O–H groups in total. The molecule has 178 valence electrons. The summed E-state index contributed by atoms with van der Waals surface area (Å²) in [4.78, 5) is 34.3. The third-order valence-electron chi connectivity index (χ3n) is 4.75. The molecule has 0 aliphatic carbocycles. The Morgan fingerprint density at radius 3 is 2.48 bits per heavy atom. The fourth-order valence-corrected chi connectivity index (χ4v) is 3.07. The number of pyridine rings is 1. The summed E-state index contributed by atoms with van der Waals surface area (Å²) in [6, 6.07) is 2.99. The standard InChI is InChI=1S/C16H19N7O4.C4H6.C2H6/c1-22-13(24)11-12(20-15(19-11)23-7-5-17-6-8-23)21-16(22)27-9-3-2-4-18-10(9)14(25)26;1-3-4-2;1-2/h2-4,15,17,19-20H,5-8H2,1H3,(H,25,26);1-2H3;1-2H3. The van der Waals surface area contributed by atoms with E-state index in [2.05, 4.69) is 42.7 Å². The lowest BCUT2D eigenvalue weighted by molar-refractivity contribution is 0.0687. The van der Waals surface area contributed by atoms with Gasteiger partial charge >= 0.3 is 12.0 Å². The summed E-state index contributed by atoms with van der Waals surface area (Å²) in [6.45, 7) is 11.0. The van der Waals surface area contributed by atoms with Gasteiger partial charge in [0.1, 0.15) is 5.69 Å². The highest BCUT2D eigenvalue weighted by molar-refractivity contribution is 5.88. The minimum absolute atomic E-state index is 0.0112. The molecule has 1 fully saturated rings. The molecule has 4 heterocycles. The highest BCUT2D eigenvalue weighted by Gasteiger charge is 2.31. The van der Waals surface area contributed by atoms with Crippen molar-refractivity contribution in [2.24, 2.45) is 7.05 Å². The van der Waals surface area contributed by atoms with Crippen molar-refractivity contribution in [1.82, 2.24) is 24.8 Å². The number of hydrogen-bond donors (Lipinski definition) is 4. The number of aromatic nitrogens is 3. The number of carbonyl (C=O) groups is 1. The maximum Gasteiger partial charge on any atom is 0.358 e. The van der Waals surface area contributed by atoms with Gasteiger partial charge in [-0.05, 0) is 26.0 Å². The summed E-state index contributed by atoms with van der Waals surface area (Å²) in [6.07, 6.45) is 1.13. The Morgan fingerprint density at radius 1 is 1.21 bits per heavy atom. The van der Waals surface area contributed by atoms with Crippen LogP contribution in [0.3, 0.4) is 0 Å². The zero-order chi connectivity index (χ0) is 24.4. The smallest absolute Gasteiger partial charge is 0.358 e. The first-order valence-corrected chi connectivity index (χ1v) is 10.7. The molecule has 1 atom stereocenters. The van der Waals surface area contributed by atoms with Crippen LogP contribution in [0.4, 0.5) is 11.5 Å². The minimum Gasteiger partial charge on any atom is -0.476 e. The SMILES string of the molecule is CC.CC#CC.Cn1c(Oc2cccnc2C(=O)O)nc2c(c1=O)NC(N1CCNCC1)N2. The Bertz CT molecular complexity index is 1060. The Balaban J connectivity index is 0.000000582. The molecule has 2 aromatic heterocycles. The van der Waals surface area contributed by atoms with Gasteiger partial charge in [-0.1, -0.05) is 13.8 Å². The average Bonchev–Trinajstić information content (AvgIpc) is 3.29. The normalized spacial score (nSPS) is 16.2. The summed E-state index contributed by atoms with van der Waals surface area (Å²) in [5, 5.41) is 18.9. The van der Waals surface area contributed by atoms with E-state index in [1.807, 2.05) is 27.7 Å². The lowest BCUT2D eigenvalue weighted by atomic mass is 10.3. The molecular weight excluding hydrogens is 426 g/mol. The number of carboxylic acids is 1. The number of fused-ring (bicyclic) bond motifs is 1. The highest BCUT2D eigenvalue weighted by Crippen LogP contribution is 2.29. The van der Waals surface area contributed by atoms with Crippen LogP contribution in [0.25, 0.3) is 0 Å². The van der Waals surface area contributed by atoms with E-state index in [1.165, 1.54) is 23.9 Å². The van der Waals surface area contributed by atoms with Crippen LogP contribution in [-0.4, -0.2) is 63.0 Å². The van der Waals surface area contributed by atoms with Crippen molar-refractivity contribution < 1.29 is 14.6 Å². The first-order chi connectivity index (χ1) is 16.0. The Labute approximate surface area is 193 Å². The lowest BCUT2D eigenvalue weighted by Crippen LogP contribution is -2.52. The third kappa shape index (κ3) is 6.21. The van der Waals surface area contributed by atoms with Crippen LogP contribution < -0.4 is 26.2 Å². The van der Waals surface area contributed by atoms with Gasteiger partial charge in [0.05, 0.1) is 0 Å². The van der Waals surface area contributed by atoms with Gasteiger partial charge in [-0.3, -0.25) is 14.3 Å². The second-order valence-electron chi connectivity index (χ2n) is 6.72. The summed E-state index contributed by atoms with van der Waals surface area (Å²) >= 11 is 0. The predicted molar refractivity (Wildman–Crippen MR) is 127 cm³/mol. The molecule has 0 bridgehead atoms. The average molecular weight is 458 g/mol. The number of hydrogen-bond acceptors (Lipinski definition) is 9. The van der Waals surface area contributed by atoms with Crippen molar-refractivity contribution in [3.05, 3.63) is 34.4 Å². The molecule has 11 heteroatoms. The van der Waals surface area contributed by atoms with Crippen molar-refractivity contribution in [3.63, 3.8) is 0 Å². The zero-order valence-corrected chi connectivity index (χ0v) is 19.6. The van der Waals surface area contributed by atoms with Crippen molar-refractivity contribution in [2.45, 2.75) is 34.0 Å². The van der Waals surface area contributed by atoms with Crippen LogP contribution in [0.5, 0.6) is 11.8 Å². The summed E-state index contributed by atoms with van der Waals surface area (Å²) < 4.78 is 6.83. The molecule has 0 saturated carbocycles. The first-order valence-electron chi connectivity index (χ1n) is 10.7. The van der Waals surface area contributed by atoms with Gasteiger partial charge in [-0.2, -0.15) is 4.98 Å². The molecule has 1 saturated heterocycles. The van der Waals surface area contributed by atoms with E-state index < -0.39 is 5.97 Å². The van der Waals surface area contributed by atoms with Crippen molar-refractivity contribution in [2.75, 3.05) is 36.8 Å². The molecule has 2 aliphatic heterocycles. The van der Waals surface area contributed by atoms with E-state index in [-0.39, 0.29) is 29.3 Å². The van der Waals surface area contributed by atoms with Gasteiger partial charge < -0.3 is 25.8 Å². The maximum absolute atomic E-state index is 12.7. The predicted octanol–water partition coefficient (Wildman–Crippen LogP) is 1.75. The molecule has 4 rings (SSSR count). The van der Waals surface area contributed by atoms with Crippen LogP contribution >= 0.6 is 0 Å². The molecule has 0 spiro atoms. The second-order valence-corrected chi connectivity index (χ2v) is 6.72. The van der Waals surface area contributed by atoms with E-state index in [0.29, 0.717) is 11.5 Å². The number of aromatic carboxylic acids is 1. The van der Waals surface area contributed by atoms with Gasteiger partial charge in [0.15, 0.2) is 23.6 Å². The van der Waals surface area contributed by atoms with Gasteiger partial charge in [0.2, 0.25) is 0 Å². The van der Waals surface area contributed by atoms with Crippen molar-refractivity contribution in [1.29, 1.82) is 0 Å². The third-order valence-corrected chi connectivity index (χ3v) is 4.75. The number of nitrogens with one attached hydrogen (secondary N) is 3. The fourth-order valence-electron chi connectivity index (χ4n) is 3.07. The topological polar surface area (TPSA) is 134 Å². The van der Waals surface area contributed by atoms with Gasteiger partial charge in [-0.25, -0.2) is 9.78 Å². The molecule has 11 nitrogen and oxygen atoms in total. The summed E-state index contributed by atoms with van der Waals surface area (Å²) in [7, 11) is 1.52. The highest BCUT2D eigenvalue weighted by atomic mass is 16.5. The number of ether oxygens (including phenoxy) is 1. The molecule has 0 aromatic carbocycles. The number of piperazine rings is 1. The van der Waals surface area contributed by atoms with Crippen LogP contribution in [-0.2, 0) is 7.05 Å². The van der Waals surface area contributed by atoms with Gasteiger partial charge in [0, 0.05) is 39.4 Å². The molecule has 0 radical (unpaired) electrons. The zero-order valence-electron chi connectivity index (χ0n) is 19.6. The minimum atomic E-state index is -1.23. The Kier molecular flexibility index (Phi) is 9.65. The summed E-state index contributed by atoms with van der Waals surface area (Å²) in [5.74, 6) is 4.52. The van der Waals surface area contributed by atoms with Gasteiger partial charge in [-0.15, -0.1) is 11.8 Å². The molecule has 1 unspecified atom stereocenters. The van der Waals surface area contributed by atoms with E-state index in [1.54, 1.807) is 6.07 Å². The molecular formula is C22H31N7O4. The molecule has 0 amide bonds. The van der Waals surface area contributed by atoms with Crippen LogP contribution in [0, 0.1) is 11.8 Å². The molecule has 33 heavy (non-hydrogen) atoms. The lowest BCUT2D eigenvalue weighted by Gasteiger charge is -2.32. The number of carboxylic acid groups (broad SMARTS) is 1. The maximum atomic E-state index is 12.7. The largest absolute Gasteiger partial charge is 0.476 e. The van der Waals surface area contributed by atoms with E-state index >= 15 is 0 Å². The fraction of sp³-hybridized carbons (Fsp3) is 0.455. The quantitative estimate of drug-likeness (QED) is 0.503. The van der Waals surface area contributed by atoms with Crippen LogP contribution in [0.2, 0.25) is 0 Å². The Morgan fingerprint density at radius 2 is 1.88 bits per heavy atom. The van der Waals surface area contributed by atoms with Crippen molar-refractivity contribution in [3.8, 4) is 23.6 Å². The van der Waals surface area contributed by atoms with E-state index in [0.717, 1.165) is 26.2 Å². The summed E-state index contributed by atoms with van der Waals surface area (Å²) in [5.41, 5.74) is -0.212. The van der Waals surface area contributed by atoms with Crippen LogP contribution in [0.15, 0.2) is 23.1 Å². The first kappa shape index (κ1) is 25.6. The number of anilines is 2. The van der Waals surface area contributed by atoms with Crippen LogP contribution in [0.1, 0.15) is 38.2 Å². The number of rotatable bonds is 4. The monoisotopic (exact) mass is 457 g/mol.